The van der Waals surface area contributed by atoms with Gasteiger partial charge in [0, 0.05) is 18.7 Å². The van der Waals surface area contributed by atoms with E-state index in [9.17, 15) is 29.7 Å². The van der Waals surface area contributed by atoms with Crippen molar-refractivity contribution in [3.8, 4) is 0 Å². The molecule has 0 bridgehead atoms. The van der Waals surface area contributed by atoms with Crippen LogP contribution in [0.3, 0.4) is 0 Å². The average molecular weight is 553 g/mol. The fraction of sp³-hybridized carbons (Fsp3) is 0.696. The normalized spacial score (nSPS) is 21.9. The zero-order chi connectivity index (χ0) is 27.8. The molecule has 1 unspecified atom stereocenters. The number of carboxylic acids is 1. The van der Waals surface area contributed by atoms with Gasteiger partial charge in [0.25, 0.3) is 0 Å². The first kappa shape index (κ1) is 29.5. The number of amides is 2. The highest BCUT2D eigenvalue weighted by atomic mass is 32.2. The Morgan fingerprint density at radius 3 is 2.61 bits per heavy atom. The molecule has 2 aromatic rings. The molecule has 0 radical (unpaired) electrons. The third kappa shape index (κ3) is 7.29. The monoisotopic (exact) mass is 552 g/mol. The fourth-order valence-electron chi connectivity index (χ4n) is 4.41. The Morgan fingerprint density at radius 1 is 1.18 bits per heavy atom. The van der Waals surface area contributed by atoms with Gasteiger partial charge in [-0.15, -0.1) is 5.10 Å². The summed E-state index contributed by atoms with van der Waals surface area (Å²) in [5, 5.41) is 45.4. The average Bonchev–Trinajstić information content (AvgIpc) is 3.41. The van der Waals surface area contributed by atoms with Gasteiger partial charge in [-0.2, -0.15) is 0 Å². The van der Waals surface area contributed by atoms with Crippen molar-refractivity contribution in [3.05, 3.63) is 0 Å². The minimum absolute atomic E-state index is 0.104. The van der Waals surface area contributed by atoms with Gasteiger partial charge in [0.2, 0.25) is 11.8 Å². The lowest BCUT2D eigenvalue weighted by atomic mass is 9.98. The summed E-state index contributed by atoms with van der Waals surface area (Å²) in [5.74, 6) is -1.87. The molecule has 38 heavy (non-hydrogen) atoms. The van der Waals surface area contributed by atoms with Crippen LogP contribution in [0.2, 0.25) is 0 Å². The van der Waals surface area contributed by atoms with Crippen molar-refractivity contribution in [2.75, 3.05) is 17.6 Å². The summed E-state index contributed by atoms with van der Waals surface area (Å²) in [4.78, 5) is 43.9. The van der Waals surface area contributed by atoms with Crippen molar-refractivity contribution in [1.29, 1.82) is 0 Å². The molecular weight excluding hydrogens is 516 g/mol. The van der Waals surface area contributed by atoms with Crippen molar-refractivity contribution in [1.82, 2.24) is 30.3 Å². The number of carboxylic acid groups (broad SMARTS) is 1. The van der Waals surface area contributed by atoms with Gasteiger partial charge in [-0.1, -0.05) is 37.2 Å². The number of anilines is 1. The predicted octanol–water partition coefficient (Wildman–Crippen LogP) is 0.443. The molecule has 2 heterocycles. The van der Waals surface area contributed by atoms with E-state index in [1.165, 1.54) is 16.4 Å². The molecule has 5 atom stereocenters. The van der Waals surface area contributed by atoms with E-state index in [1.54, 1.807) is 0 Å². The molecule has 0 aliphatic heterocycles. The van der Waals surface area contributed by atoms with Gasteiger partial charge in [0.05, 0.1) is 18.6 Å². The molecular formula is C23H36N8O6S. The van der Waals surface area contributed by atoms with E-state index >= 15 is 0 Å². The number of nitrogens with zero attached hydrogens (tertiary/aromatic N) is 5. The second kappa shape index (κ2) is 13.7. The topological polar surface area (TPSA) is 218 Å². The molecule has 2 amide bonds. The molecule has 1 aliphatic carbocycles. The van der Waals surface area contributed by atoms with E-state index in [-0.39, 0.29) is 12.8 Å². The van der Waals surface area contributed by atoms with Gasteiger partial charge >= 0.3 is 5.97 Å². The first-order valence-electron chi connectivity index (χ1n) is 12.8. The van der Waals surface area contributed by atoms with Crippen molar-refractivity contribution in [3.63, 3.8) is 0 Å². The summed E-state index contributed by atoms with van der Waals surface area (Å²) in [5.41, 5.74) is 5.97. The third-order valence-corrected chi connectivity index (χ3v) is 7.48. The van der Waals surface area contributed by atoms with E-state index in [0.717, 1.165) is 25.0 Å². The minimum Gasteiger partial charge on any atom is -0.480 e. The van der Waals surface area contributed by atoms with Crippen LogP contribution >= 0.6 is 11.8 Å². The van der Waals surface area contributed by atoms with E-state index in [0.29, 0.717) is 35.1 Å². The highest BCUT2D eigenvalue weighted by Gasteiger charge is 2.44. The van der Waals surface area contributed by atoms with Crippen LogP contribution < -0.4 is 16.4 Å². The van der Waals surface area contributed by atoms with Crippen molar-refractivity contribution in [2.45, 2.75) is 88.2 Å². The van der Waals surface area contributed by atoms with Gasteiger partial charge in [0.1, 0.15) is 12.1 Å². The maximum absolute atomic E-state index is 12.3. The van der Waals surface area contributed by atoms with Crippen LogP contribution in [-0.2, 0) is 14.4 Å². The van der Waals surface area contributed by atoms with Gasteiger partial charge in [0.15, 0.2) is 22.1 Å². The predicted molar refractivity (Wildman–Crippen MR) is 139 cm³/mol. The molecule has 0 aromatic carbocycles. The third-order valence-electron chi connectivity index (χ3n) is 6.43. The minimum atomic E-state index is -1.42. The number of aliphatic hydroxyl groups excluding tert-OH is 2. The summed E-state index contributed by atoms with van der Waals surface area (Å²) < 4.78 is 1.51. The van der Waals surface area contributed by atoms with E-state index in [2.05, 4.69) is 44.8 Å². The summed E-state index contributed by atoms with van der Waals surface area (Å²) >= 11 is 1.51. The molecule has 14 nitrogen and oxygen atoms in total. The Hall–Kier alpha value is -3.04. The van der Waals surface area contributed by atoms with Crippen molar-refractivity contribution < 1.29 is 29.7 Å². The molecule has 210 valence electrons. The number of nitrogens with two attached hydrogens (primary N) is 1. The maximum atomic E-state index is 12.3. The number of nitrogens with one attached hydrogen (secondary N) is 2. The number of unbranched alkanes of at least 4 members (excludes halogenated alkanes) is 1. The van der Waals surface area contributed by atoms with Gasteiger partial charge < -0.3 is 31.7 Å². The number of hydrogen-bond acceptors (Lipinski definition) is 11. The summed E-state index contributed by atoms with van der Waals surface area (Å²) in [6, 6.07) is -2.06. The molecule has 0 saturated heterocycles. The van der Waals surface area contributed by atoms with Crippen LogP contribution in [-0.4, -0.2) is 88.6 Å². The molecule has 1 fully saturated rings. The first-order valence-corrected chi connectivity index (χ1v) is 13.8. The van der Waals surface area contributed by atoms with Crippen LogP contribution in [0.5, 0.6) is 0 Å². The van der Waals surface area contributed by atoms with Crippen molar-refractivity contribution in [2.24, 2.45) is 11.7 Å². The van der Waals surface area contributed by atoms with Crippen LogP contribution in [0.4, 0.5) is 5.82 Å². The molecule has 1 saturated carbocycles. The van der Waals surface area contributed by atoms with E-state index in [1.807, 2.05) is 0 Å². The zero-order valence-corrected chi connectivity index (χ0v) is 22.4. The largest absolute Gasteiger partial charge is 0.480 e. The summed E-state index contributed by atoms with van der Waals surface area (Å²) in [7, 11) is 0. The molecule has 1 aliphatic rings. The Labute approximate surface area is 224 Å². The molecule has 2 aromatic heterocycles. The number of hydrogen-bond donors (Lipinski definition) is 6. The van der Waals surface area contributed by atoms with Crippen LogP contribution in [0.1, 0.15) is 64.8 Å². The summed E-state index contributed by atoms with van der Waals surface area (Å²) in [6.07, 6.45) is 0.467. The fourth-order valence-corrected chi connectivity index (χ4v) is 5.10. The van der Waals surface area contributed by atoms with E-state index in [4.69, 9.17) is 5.73 Å². The van der Waals surface area contributed by atoms with E-state index < -0.39 is 54.4 Å². The Bertz CT molecular complexity index is 1130. The first-order chi connectivity index (χ1) is 18.2. The van der Waals surface area contributed by atoms with Crippen LogP contribution in [0.15, 0.2) is 5.16 Å². The molecule has 0 spiro atoms. The van der Waals surface area contributed by atoms with Gasteiger partial charge in [-0.25, -0.2) is 19.4 Å². The molecule has 7 N–H and O–H groups in total. The highest BCUT2D eigenvalue weighted by molar-refractivity contribution is 7.99. The lowest BCUT2D eigenvalue weighted by molar-refractivity contribution is -0.143. The number of thioether (sulfide) groups is 1. The Morgan fingerprint density at radius 2 is 1.95 bits per heavy atom. The molecule has 15 heteroatoms. The second-order valence-corrected chi connectivity index (χ2v) is 10.5. The number of fused-ring (bicyclic) bond motifs is 1. The van der Waals surface area contributed by atoms with Crippen molar-refractivity contribution >= 4 is 46.5 Å². The zero-order valence-electron chi connectivity index (χ0n) is 21.5. The standard InChI is InChI=1S/C23H36N8O6S/c1-3-5-8-25-20-17-21(28-23(27-20)38-9-4-2)31(30-29-17)14-10-12(18(34)19(14)35)6-7-16(33)26-13(22(36)37)11-15(24)32/h12-14,18-19,34-35H,3-11H2,1-2H3,(H2,24,32)(H,26,33)(H,36,37)(H,25,27,28)/t12-,13+,14+,18?,19-/m1/s1. The van der Waals surface area contributed by atoms with Gasteiger partial charge in [-0.3, -0.25) is 9.59 Å². The van der Waals surface area contributed by atoms with Gasteiger partial charge in [-0.05, 0) is 31.6 Å². The number of carbonyl (C=O) groups excluding carboxylic acids is 2. The summed E-state index contributed by atoms with van der Waals surface area (Å²) in [6.45, 7) is 4.87. The number of aliphatic carboxylic acids is 1. The molecule has 3 rings (SSSR count). The number of aliphatic hydroxyl groups is 2. The number of primary amides is 1. The maximum Gasteiger partial charge on any atom is 0.326 e. The lowest BCUT2D eigenvalue weighted by Crippen LogP contribution is -2.43. The quantitative estimate of drug-likeness (QED) is 0.101. The SMILES string of the molecule is CCCCNc1nc(SCCC)nc2c1nnn2[C@H]1C[C@@H](CCC(=O)N[C@@H](CC(N)=O)C(=O)O)C(O)[C@@H]1O. The number of carbonyl (C=O) groups is 3. The lowest BCUT2D eigenvalue weighted by Gasteiger charge is -2.17. The Balaban J connectivity index is 1.75. The smallest absolute Gasteiger partial charge is 0.326 e. The highest BCUT2D eigenvalue weighted by Crippen LogP contribution is 2.39. The van der Waals surface area contributed by atoms with Crippen LogP contribution in [0, 0.1) is 5.92 Å². The Kier molecular flexibility index (Phi) is 10.6. The second-order valence-electron chi connectivity index (χ2n) is 9.40. The number of rotatable bonds is 15. The number of aromatic nitrogens is 5. The van der Waals surface area contributed by atoms with Crippen LogP contribution in [0.25, 0.3) is 11.2 Å².